The smallest absolute Gasteiger partial charge is 0.326 e. The molecule has 0 bridgehead atoms. The average molecular weight is 257 g/mol. The van der Waals surface area contributed by atoms with Crippen molar-refractivity contribution in [1.82, 2.24) is 15.2 Å². The average Bonchev–Trinajstić information content (AvgIpc) is 2.78. The number of aliphatic carboxylic acids is 1. The fraction of sp³-hybridized carbons (Fsp3) is 0.500. The number of urea groups is 1. The number of carboxylic acid groups (broad SMARTS) is 1. The molecule has 1 aromatic rings. The third-order valence-electron chi connectivity index (χ3n) is 2.36. The van der Waals surface area contributed by atoms with Crippen LogP contribution in [0.4, 0.5) is 4.79 Å². The second kappa shape index (κ2) is 6.19. The number of hydrogen-bond acceptors (Lipinski definition) is 4. The van der Waals surface area contributed by atoms with E-state index in [9.17, 15) is 9.59 Å². The van der Waals surface area contributed by atoms with Gasteiger partial charge in [-0.25, -0.2) is 14.6 Å². The summed E-state index contributed by atoms with van der Waals surface area (Å²) < 4.78 is 0. The van der Waals surface area contributed by atoms with Gasteiger partial charge in [0.05, 0.1) is 17.7 Å². The van der Waals surface area contributed by atoms with E-state index in [4.69, 9.17) is 5.11 Å². The van der Waals surface area contributed by atoms with Gasteiger partial charge < -0.3 is 15.3 Å². The van der Waals surface area contributed by atoms with E-state index in [2.05, 4.69) is 10.3 Å². The minimum atomic E-state index is -1.00. The fourth-order valence-electron chi connectivity index (χ4n) is 1.37. The number of nitrogens with zero attached hydrogens (tertiary/aromatic N) is 2. The second-order valence-electron chi connectivity index (χ2n) is 3.51. The monoisotopic (exact) mass is 257 g/mol. The number of amides is 2. The van der Waals surface area contributed by atoms with Crippen LogP contribution in [0.2, 0.25) is 0 Å². The molecule has 7 heteroatoms. The zero-order valence-corrected chi connectivity index (χ0v) is 10.5. The SMILES string of the molecule is CCC(C(=O)O)N(C)C(=O)NCc1cscn1. The minimum absolute atomic E-state index is 0.308. The number of nitrogens with one attached hydrogen (secondary N) is 1. The Morgan fingerprint density at radius 3 is 2.82 bits per heavy atom. The molecule has 0 aromatic carbocycles. The normalized spacial score (nSPS) is 11.9. The van der Waals surface area contributed by atoms with Crippen molar-refractivity contribution in [3.63, 3.8) is 0 Å². The quantitative estimate of drug-likeness (QED) is 0.829. The van der Waals surface area contributed by atoms with E-state index in [1.807, 2.05) is 5.38 Å². The van der Waals surface area contributed by atoms with Gasteiger partial charge in [-0.1, -0.05) is 6.92 Å². The van der Waals surface area contributed by atoms with Gasteiger partial charge in [-0.2, -0.15) is 0 Å². The molecule has 0 fully saturated rings. The number of thiazole rings is 1. The molecule has 1 heterocycles. The lowest BCUT2D eigenvalue weighted by atomic mass is 10.2. The summed E-state index contributed by atoms with van der Waals surface area (Å²) >= 11 is 1.45. The Hall–Kier alpha value is -1.63. The van der Waals surface area contributed by atoms with Crippen LogP contribution in [0.3, 0.4) is 0 Å². The van der Waals surface area contributed by atoms with E-state index in [0.29, 0.717) is 13.0 Å². The summed E-state index contributed by atoms with van der Waals surface area (Å²) in [6.45, 7) is 2.03. The van der Waals surface area contributed by atoms with Crippen molar-refractivity contribution in [3.05, 3.63) is 16.6 Å². The van der Waals surface area contributed by atoms with E-state index >= 15 is 0 Å². The molecule has 17 heavy (non-hydrogen) atoms. The molecule has 0 spiro atoms. The number of aromatic nitrogens is 1. The first-order chi connectivity index (χ1) is 8.06. The Kier molecular flexibility index (Phi) is 4.89. The number of carbonyl (C=O) groups excluding carboxylic acids is 1. The number of likely N-dealkylation sites (N-methyl/N-ethyl adjacent to an activating group) is 1. The largest absolute Gasteiger partial charge is 0.480 e. The summed E-state index contributed by atoms with van der Waals surface area (Å²) in [6.07, 6.45) is 0.371. The van der Waals surface area contributed by atoms with Crippen molar-refractivity contribution in [3.8, 4) is 0 Å². The van der Waals surface area contributed by atoms with Crippen LogP contribution in [0, 0.1) is 0 Å². The molecule has 0 radical (unpaired) electrons. The van der Waals surface area contributed by atoms with Crippen LogP contribution in [0.25, 0.3) is 0 Å². The van der Waals surface area contributed by atoms with Crippen LogP contribution >= 0.6 is 11.3 Å². The number of carbonyl (C=O) groups is 2. The third-order valence-corrected chi connectivity index (χ3v) is 3.00. The summed E-state index contributed by atoms with van der Waals surface area (Å²) in [5, 5.41) is 13.4. The molecule has 2 amide bonds. The lowest BCUT2D eigenvalue weighted by Gasteiger charge is -2.23. The molecular weight excluding hydrogens is 242 g/mol. The molecule has 1 rings (SSSR count). The van der Waals surface area contributed by atoms with Gasteiger partial charge in [0.25, 0.3) is 0 Å². The molecule has 94 valence electrons. The zero-order valence-electron chi connectivity index (χ0n) is 9.71. The Morgan fingerprint density at radius 2 is 2.35 bits per heavy atom. The summed E-state index contributed by atoms with van der Waals surface area (Å²) in [7, 11) is 1.47. The number of hydrogen-bond donors (Lipinski definition) is 2. The predicted octanol–water partition coefficient (Wildman–Crippen LogP) is 1.15. The standard InChI is InChI=1S/C10H15N3O3S/c1-3-8(9(14)15)13(2)10(16)11-4-7-5-17-6-12-7/h5-6,8H,3-4H2,1-2H3,(H,11,16)(H,14,15). The maximum absolute atomic E-state index is 11.7. The van der Waals surface area contributed by atoms with Gasteiger partial charge in [-0.3, -0.25) is 0 Å². The van der Waals surface area contributed by atoms with Crippen LogP contribution in [-0.2, 0) is 11.3 Å². The second-order valence-corrected chi connectivity index (χ2v) is 4.23. The van der Waals surface area contributed by atoms with Crippen molar-refractivity contribution in [2.24, 2.45) is 0 Å². The maximum atomic E-state index is 11.7. The molecule has 0 saturated carbocycles. The van der Waals surface area contributed by atoms with Gasteiger partial charge in [-0.05, 0) is 6.42 Å². The first-order valence-corrected chi connectivity index (χ1v) is 6.11. The molecule has 0 aliphatic rings. The number of carboxylic acids is 1. The molecule has 0 saturated heterocycles. The van der Waals surface area contributed by atoms with Crippen LogP contribution in [-0.4, -0.2) is 40.1 Å². The molecule has 0 aliphatic carbocycles. The van der Waals surface area contributed by atoms with Crippen molar-refractivity contribution >= 4 is 23.3 Å². The van der Waals surface area contributed by atoms with E-state index < -0.39 is 18.0 Å². The van der Waals surface area contributed by atoms with Crippen LogP contribution in [0.5, 0.6) is 0 Å². The highest BCUT2D eigenvalue weighted by atomic mass is 32.1. The summed E-state index contributed by atoms with van der Waals surface area (Å²) in [5.41, 5.74) is 2.44. The topological polar surface area (TPSA) is 82.5 Å². The number of rotatable bonds is 5. The summed E-state index contributed by atoms with van der Waals surface area (Å²) in [4.78, 5) is 27.8. The van der Waals surface area contributed by atoms with Gasteiger partial charge in [-0.15, -0.1) is 11.3 Å². The molecule has 1 atom stereocenters. The zero-order chi connectivity index (χ0) is 12.8. The third kappa shape index (κ3) is 3.70. The van der Waals surface area contributed by atoms with Gasteiger partial charge in [0, 0.05) is 12.4 Å². The van der Waals surface area contributed by atoms with E-state index in [0.717, 1.165) is 5.69 Å². The van der Waals surface area contributed by atoms with Crippen LogP contribution in [0.15, 0.2) is 10.9 Å². The van der Waals surface area contributed by atoms with Gasteiger partial charge >= 0.3 is 12.0 Å². The maximum Gasteiger partial charge on any atom is 0.326 e. The van der Waals surface area contributed by atoms with Crippen molar-refractivity contribution in [2.45, 2.75) is 25.9 Å². The first kappa shape index (κ1) is 13.4. The van der Waals surface area contributed by atoms with E-state index in [1.165, 1.54) is 23.3 Å². The van der Waals surface area contributed by atoms with E-state index in [-0.39, 0.29) is 0 Å². The lowest BCUT2D eigenvalue weighted by molar-refractivity contribution is -0.141. The fourth-order valence-corrected chi connectivity index (χ4v) is 1.93. The first-order valence-electron chi connectivity index (χ1n) is 5.16. The molecule has 6 nitrogen and oxygen atoms in total. The predicted molar refractivity (Wildman–Crippen MR) is 63.8 cm³/mol. The highest BCUT2D eigenvalue weighted by Crippen LogP contribution is 2.04. The molecular formula is C10H15N3O3S. The van der Waals surface area contributed by atoms with Crippen molar-refractivity contribution < 1.29 is 14.7 Å². The molecule has 1 unspecified atom stereocenters. The Labute approximate surface area is 103 Å². The van der Waals surface area contributed by atoms with Gasteiger partial charge in [0.2, 0.25) is 0 Å². The summed E-state index contributed by atoms with van der Waals surface area (Å²) in [6, 6.07) is -1.21. The lowest BCUT2D eigenvalue weighted by Crippen LogP contribution is -2.46. The van der Waals surface area contributed by atoms with Gasteiger partial charge in [0.1, 0.15) is 6.04 Å². The Balaban J connectivity index is 2.49. The molecule has 0 aliphatic heterocycles. The Morgan fingerprint density at radius 1 is 1.65 bits per heavy atom. The highest BCUT2D eigenvalue weighted by molar-refractivity contribution is 7.07. The highest BCUT2D eigenvalue weighted by Gasteiger charge is 2.24. The van der Waals surface area contributed by atoms with E-state index in [1.54, 1.807) is 12.4 Å². The van der Waals surface area contributed by atoms with Crippen molar-refractivity contribution in [2.75, 3.05) is 7.05 Å². The van der Waals surface area contributed by atoms with Crippen molar-refractivity contribution in [1.29, 1.82) is 0 Å². The molecule has 2 N–H and O–H groups in total. The van der Waals surface area contributed by atoms with Crippen LogP contribution < -0.4 is 5.32 Å². The Bertz CT molecular complexity index is 380. The van der Waals surface area contributed by atoms with Crippen LogP contribution in [0.1, 0.15) is 19.0 Å². The molecule has 1 aromatic heterocycles. The minimum Gasteiger partial charge on any atom is -0.480 e. The van der Waals surface area contributed by atoms with Gasteiger partial charge in [0.15, 0.2) is 0 Å². The summed E-state index contributed by atoms with van der Waals surface area (Å²) in [5.74, 6) is -1.00.